The quantitative estimate of drug-likeness (QED) is 0.614. The molecule has 1 heterocycles. The van der Waals surface area contributed by atoms with Crippen LogP contribution in [0.5, 0.6) is 0 Å². The minimum atomic E-state index is -0.975. The number of nitrogens with one attached hydrogen (secondary N) is 2. The van der Waals surface area contributed by atoms with Gasteiger partial charge in [-0.05, 0) is 18.2 Å². The van der Waals surface area contributed by atoms with Crippen molar-refractivity contribution in [3.8, 4) is 0 Å². The van der Waals surface area contributed by atoms with E-state index in [1.165, 1.54) is 11.8 Å². The first kappa shape index (κ1) is 13.9. The van der Waals surface area contributed by atoms with E-state index in [0.29, 0.717) is 17.0 Å². The van der Waals surface area contributed by atoms with Crippen molar-refractivity contribution in [3.05, 3.63) is 23.8 Å². The number of aliphatic hydroxyl groups excluding tert-OH is 2. The maximum Gasteiger partial charge on any atom is 0.251 e. The second-order valence-electron chi connectivity index (χ2n) is 4.09. The van der Waals surface area contributed by atoms with Crippen LogP contribution in [0.1, 0.15) is 10.4 Å². The van der Waals surface area contributed by atoms with Crippen LogP contribution < -0.4 is 10.6 Å². The molecule has 6 nitrogen and oxygen atoms in total. The largest absolute Gasteiger partial charge is 0.394 e. The summed E-state index contributed by atoms with van der Waals surface area (Å²) in [5.41, 5.74) is 1.02. The fraction of sp³-hybridized carbons (Fsp3) is 0.333. The lowest BCUT2D eigenvalue weighted by molar-refractivity contribution is -0.113. The monoisotopic (exact) mass is 282 g/mol. The van der Waals surface area contributed by atoms with Gasteiger partial charge < -0.3 is 20.8 Å². The summed E-state index contributed by atoms with van der Waals surface area (Å²) < 4.78 is 0. The molecule has 7 heteroatoms. The van der Waals surface area contributed by atoms with Gasteiger partial charge in [0, 0.05) is 17.0 Å². The molecule has 19 heavy (non-hydrogen) atoms. The van der Waals surface area contributed by atoms with Gasteiger partial charge >= 0.3 is 0 Å². The van der Waals surface area contributed by atoms with Gasteiger partial charge in [0.2, 0.25) is 5.91 Å². The number of carbonyl (C=O) groups excluding carboxylic acids is 2. The van der Waals surface area contributed by atoms with Crippen molar-refractivity contribution in [2.45, 2.75) is 11.0 Å². The van der Waals surface area contributed by atoms with Gasteiger partial charge in [-0.2, -0.15) is 0 Å². The van der Waals surface area contributed by atoms with E-state index >= 15 is 0 Å². The molecule has 1 aliphatic heterocycles. The molecule has 2 amide bonds. The Labute approximate surface area is 114 Å². The average Bonchev–Trinajstić information content (AvgIpc) is 2.43. The number of rotatable bonds is 4. The number of thioether (sulfide) groups is 1. The Bertz CT molecular complexity index is 507. The number of hydrogen-bond acceptors (Lipinski definition) is 5. The Balaban J connectivity index is 2.06. The van der Waals surface area contributed by atoms with Crippen LogP contribution in [0.3, 0.4) is 0 Å². The average molecular weight is 282 g/mol. The van der Waals surface area contributed by atoms with Gasteiger partial charge in [0.25, 0.3) is 5.91 Å². The molecule has 102 valence electrons. The highest BCUT2D eigenvalue weighted by Gasteiger charge is 2.17. The first-order chi connectivity index (χ1) is 9.10. The standard InChI is InChI=1S/C12H14N2O4S/c15-5-8(16)4-13-12(18)7-1-2-10-9(3-7)14-11(17)6-19-10/h1-3,8,15-16H,4-6H2,(H,13,18)(H,14,17). The molecule has 1 aromatic rings. The zero-order chi connectivity index (χ0) is 13.8. The number of carbonyl (C=O) groups is 2. The van der Waals surface area contributed by atoms with Crippen LogP contribution in [0.25, 0.3) is 0 Å². The highest BCUT2D eigenvalue weighted by molar-refractivity contribution is 8.00. The van der Waals surface area contributed by atoms with Crippen molar-refractivity contribution >= 4 is 29.3 Å². The van der Waals surface area contributed by atoms with E-state index < -0.39 is 12.7 Å². The maximum atomic E-state index is 11.8. The van der Waals surface area contributed by atoms with Crippen LogP contribution >= 0.6 is 11.8 Å². The van der Waals surface area contributed by atoms with E-state index in [-0.39, 0.29) is 18.4 Å². The predicted molar refractivity (Wildman–Crippen MR) is 71.2 cm³/mol. The predicted octanol–water partition coefficient (Wildman–Crippen LogP) is -0.186. The number of benzene rings is 1. The van der Waals surface area contributed by atoms with Crippen LogP contribution in [0.4, 0.5) is 5.69 Å². The van der Waals surface area contributed by atoms with Gasteiger partial charge in [-0.1, -0.05) is 0 Å². The zero-order valence-electron chi connectivity index (χ0n) is 10.0. The lowest BCUT2D eigenvalue weighted by Gasteiger charge is -2.17. The Morgan fingerprint density at radius 2 is 2.32 bits per heavy atom. The summed E-state index contributed by atoms with van der Waals surface area (Å²) in [7, 11) is 0. The second-order valence-corrected chi connectivity index (χ2v) is 5.11. The fourth-order valence-electron chi connectivity index (χ4n) is 1.60. The maximum absolute atomic E-state index is 11.8. The summed E-state index contributed by atoms with van der Waals surface area (Å²) in [6.07, 6.45) is -0.975. The molecular formula is C12H14N2O4S. The third-order valence-corrected chi connectivity index (χ3v) is 3.66. The van der Waals surface area contributed by atoms with Crippen molar-refractivity contribution in [2.24, 2.45) is 0 Å². The fourth-order valence-corrected chi connectivity index (χ4v) is 2.39. The third-order valence-electron chi connectivity index (χ3n) is 2.58. The Kier molecular flexibility index (Phi) is 4.41. The van der Waals surface area contributed by atoms with Gasteiger partial charge in [-0.3, -0.25) is 9.59 Å². The molecule has 0 aromatic heterocycles. The summed E-state index contributed by atoms with van der Waals surface area (Å²) in [4.78, 5) is 24.0. The van der Waals surface area contributed by atoms with E-state index in [9.17, 15) is 9.59 Å². The third kappa shape index (κ3) is 3.46. The number of fused-ring (bicyclic) bond motifs is 1. The minimum absolute atomic E-state index is 0.0203. The SMILES string of the molecule is O=C1CSc2ccc(C(=O)NCC(O)CO)cc2N1. The Morgan fingerprint density at radius 3 is 3.05 bits per heavy atom. The topological polar surface area (TPSA) is 98.7 Å². The molecule has 1 unspecified atom stereocenters. The summed E-state index contributed by atoms with van der Waals surface area (Å²) in [5.74, 6) is -0.0767. The van der Waals surface area contributed by atoms with Gasteiger partial charge in [0.05, 0.1) is 24.2 Å². The highest BCUT2D eigenvalue weighted by Crippen LogP contribution is 2.31. The molecule has 1 aliphatic rings. The van der Waals surface area contributed by atoms with Gasteiger partial charge in [-0.15, -0.1) is 11.8 Å². The van der Waals surface area contributed by atoms with Crippen molar-refractivity contribution in [2.75, 3.05) is 24.2 Å². The number of amides is 2. The number of anilines is 1. The molecule has 0 saturated heterocycles. The van der Waals surface area contributed by atoms with E-state index in [1.54, 1.807) is 18.2 Å². The van der Waals surface area contributed by atoms with Crippen LogP contribution in [0.2, 0.25) is 0 Å². The Hall–Kier alpha value is -1.57. The molecule has 0 aliphatic carbocycles. The van der Waals surface area contributed by atoms with Gasteiger partial charge in [-0.25, -0.2) is 0 Å². The van der Waals surface area contributed by atoms with Crippen molar-refractivity contribution in [1.82, 2.24) is 5.32 Å². The van der Waals surface area contributed by atoms with Crippen LogP contribution in [0.15, 0.2) is 23.1 Å². The molecule has 0 radical (unpaired) electrons. The summed E-state index contributed by atoms with van der Waals surface area (Å²) in [5, 5.41) is 23.0. The smallest absolute Gasteiger partial charge is 0.251 e. The molecule has 0 bridgehead atoms. The van der Waals surface area contributed by atoms with Crippen LogP contribution in [-0.4, -0.2) is 47.0 Å². The van der Waals surface area contributed by atoms with E-state index in [2.05, 4.69) is 10.6 Å². The molecule has 4 N–H and O–H groups in total. The number of aliphatic hydroxyl groups is 2. The van der Waals surface area contributed by atoms with Crippen LogP contribution in [-0.2, 0) is 4.79 Å². The van der Waals surface area contributed by atoms with E-state index in [0.717, 1.165) is 4.90 Å². The van der Waals surface area contributed by atoms with Crippen molar-refractivity contribution in [1.29, 1.82) is 0 Å². The molecule has 2 rings (SSSR count). The molecule has 1 atom stereocenters. The van der Waals surface area contributed by atoms with Crippen LogP contribution in [0, 0.1) is 0 Å². The van der Waals surface area contributed by atoms with Crippen molar-refractivity contribution in [3.63, 3.8) is 0 Å². The summed E-state index contributed by atoms with van der Waals surface area (Å²) in [6.45, 7) is -0.426. The van der Waals surface area contributed by atoms with Gasteiger partial charge in [0.1, 0.15) is 0 Å². The lowest BCUT2D eigenvalue weighted by atomic mass is 10.1. The summed E-state index contributed by atoms with van der Waals surface area (Å²) in [6, 6.07) is 5.03. The van der Waals surface area contributed by atoms with E-state index in [4.69, 9.17) is 10.2 Å². The molecule has 0 fully saturated rings. The molecule has 0 saturated carbocycles. The first-order valence-electron chi connectivity index (χ1n) is 5.74. The highest BCUT2D eigenvalue weighted by atomic mass is 32.2. The second kappa shape index (κ2) is 6.05. The molecular weight excluding hydrogens is 268 g/mol. The number of hydrogen-bond donors (Lipinski definition) is 4. The summed E-state index contributed by atoms with van der Waals surface area (Å²) >= 11 is 1.42. The minimum Gasteiger partial charge on any atom is -0.394 e. The zero-order valence-corrected chi connectivity index (χ0v) is 10.9. The molecule has 1 aromatic carbocycles. The van der Waals surface area contributed by atoms with Gasteiger partial charge in [0.15, 0.2) is 0 Å². The van der Waals surface area contributed by atoms with E-state index in [1.807, 2.05) is 0 Å². The Morgan fingerprint density at radius 1 is 1.53 bits per heavy atom. The first-order valence-corrected chi connectivity index (χ1v) is 6.72. The normalized spacial score (nSPS) is 15.4. The molecule has 0 spiro atoms. The van der Waals surface area contributed by atoms with Crippen molar-refractivity contribution < 1.29 is 19.8 Å². The lowest BCUT2D eigenvalue weighted by Crippen LogP contribution is -2.34.